The molecule has 3 aliphatic rings. The maximum Gasteiger partial charge on any atom is 0.409 e. The Hall–Kier alpha value is -3.35. The van der Waals surface area contributed by atoms with Crippen molar-refractivity contribution in [3.8, 4) is 11.8 Å². The summed E-state index contributed by atoms with van der Waals surface area (Å²) in [5.41, 5.74) is 1.47. The molecule has 2 amide bonds. The maximum absolute atomic E-state index is 14.7. The van der Waals surface area contributed by atoms with E-state index < -0.39 is 17.7 Å². The average molecular weight is 497 g/mol. The van der Waals surface area contributed by atoms with Crippen LogP contribution >= 0.6 is 0 Å². The third-order valence-corrected chi connectivity index (χ3v) is 7.16. The average Bonchev–Trinajstić information content (AvgIpc) is 3.60. The van der Waals surface area contributed by atoms with Crippen LogP contribution in [0.5, 0.6) is 0 Å². The summed E-state index contributed by atoms with van der Waals surface area (Å²) >= 11 is 0. The minimum atomic E-state index is -1.70. The van der Waals surface area contributed by atoms with Crippen LogP contribution in [0.3, 0.4) is 0 Å². The zero-order valence-electron chi connectivity index (χ0n) is 21.1. The fourth-order valence-electron chi connectivity index (χ4n) is 4.85. The van der Waals surface area contributed by atoms with Gasteiger partial charge in [0.15, 0.2) is 11.3 Å². The summed E-state index contributed by atoms with van der Waals surface area (Å²) in [6.07, 6.45) is 5.23. The molecule has 2 aromatic heterocycles. The van der Waals surface area contributed by atoms with Crippen LogP contribution in [0.15, 0.2) is 12.3 Å². The standard InChI is InChI=1S/C26H33FN6O3/c1-4-5-23(34)32-14-26(27,15-32)16-36-25(35)31-10-8-19(9-11-31)29-22-12-21(18-6-7-18)30-24-20(17(2)3)13-28-33(22)24/h12-13,17-19,29H,6-11,14-16H2,1-3H3. The molecule has 5 rings (SSSR count). The van der Waals surface area contributed by atoms with Crippen LogP contribution in [-0.2, 0) is 9.53 Å². The predicted molar refractivity (Wildman–Crippen MR) is 132 cm³/mol. The molecule has 4 heterocycles. The van der Waals surface area contributed by atoms with Crippen molar-refractivity contribution in [2.24, 2.45) is 0 Å². The zero-order chi connectivity index (χ0) is 25.4. The predicted octanol–water partition coefficient (Wildman–Crippen LogP) is 3.32. The van der Waals surface area contributed by atoms with Gasteiger partial charge >= 0.3 is 6.09 Å². The Balaban J connectivity index is 1.15. The molecule has 10 heteroatoms. The van der Waals surface area contributed by atoms with Gasteiger partial charge in [-0.2, -0.15) is 9.61 Å². The van der Waals surface area contributed by atoms with Crippen molar-refractivity contribution in [3.05, 3.63) is 23.5 Å². The molecule has 2 aromatic rings. The number of amides is 2. The topological polar surface area (TPSA) is 92.1 Å². The van der Waals surface area contributed by atoms with E-state index in [2.05, 4.69) is 42.2 Å². The minimum absolute atomic E-state index is 0.102. The van der Waals surface area contributed by atoms with Gasteiger partial charge in [0.05, 0.1) is 19.3 Å². The van der Waals surface area contributed by atoms with Crippen LogP contribution in [0.2, 0.25) is 0 Å². The number of carbonyl (C=O) groups excluding carboxylic acids is 2. The van der Waals surface area contributed by atoms with Gasteiger partial charge in [0.2, 0.25) is 0 Å². The Morgan fingerprint density at radius 3 is 2.58 bits per heavy atom. The third-order valence-electron chi connectivity index (χ3n) is 7.16. The van der Waals surface area contributed by atoms with Crippen LogP contribution in [0.4, 0.5) is 15.0 Å². The normalized spacial score (nSPS) is 19.6. The number of nitrogens with zero attached hydrogens (tertiary/aromatic N) is 5. The number of likely N-dealkylation sites (tertiary alicyclic amines) is 2. The molecule has 0 bridgehead atoms. The van der Waals surface area contributed by atoms with Gasteiger partial charge in [-0.1, -0.05) is 19.8 Å². The summed E-state index contributed by atoms with van der Waals surface area (Å²) in [6.45, 7) is 6.34. The van der Waals surface area contributed by atoms with E-state index in [4.69, 9.17) is 9.72 Å². The van der Waals surface area contributed by atoms with Gasteiger partial charge in [0.25, 0.3) is 5.91 Å². The monoisotopic (exact) mass is 496 g/mol. The van der Waals surface area contributed by atoms with Crippen molar-refractivity contribution in [3.63, 3.8) is 0 Å². The molecule has 3 fully saturated rings. The van der Waals surface area contributed by atoms with Crippen LogP contribution in [0.1, 0.15) is 69.5 Å². The fourth-order valence-corrected chi connectivity index (χ4v) is 4.85. The van der Waals surface area contributed by atoms with Crippen molar-refractivity contribution in [1.29, 1.82) is 0 Å². The fraction of sp³-hybridized carbons (Fsp3) is 0.615. The van der Waals surface area contributed by atoms with Crippen molar-refractivity contribution < 1.29 is 18.7 Å². The highest BCUT2D eigenvalue weighted by atomic mass is 19.1. The Morgan fingerprint density at radius 2 is 1.94 bits per heavy atom. The highest BCUT2D eigenvalue weighted by Crippen LogP contribution is 2.40. The number of ether oxygens (including phenoxy) is 1. The number of piperidine rings is 1. The summed E-state index contributed by atoms with van der Waals surface area (Å²) in [4.78, 5) is 32.0. The van der Waals surface area contributed by atoms with Crippen LogP contribution in [-0.4, -0.2) is 80.9 Å². The molecule has 1 N–H and O–H groups in total. The number of nitrogens with one attached hydrogen (secondary N) is 1. The van der Waals surface area contributed by atoms with Gasteiger partial charge in [-0.15, -0.1) is 0 Å². The lowest BCUT2D eigenvalue weighted by Gasteiger charge is -2.43. The number of anilines is 1. The molecule has 9 nitrogen and oxygen atoms in total. The van der Waals surface area contributed by atoms with E-state index in [-0.39, 0.29) is 25.7 Å². The first-order valence-electron chi connectivity index (χ1n) is 12.7. The van der Waals surface area contributed by atoms with Gasteiger partial charge in [-0.3, -0.25) is 4.79 Å². The Labute approximate surface area is 210 Å². The summed E-state index contributed by atoms with van der Waals surface area (Å²) in [5, 5.41) is 8.23. The van der Waals surface area contributed by atoms with Crippen molar-refractivity contribution in [1.82, 2.24) is 24.4 Å². The maximum atomic E-state index is 14.7. The third kappa shape index (κ3) is 4.97. The van der Waals surface area contributed by atoms with Crippen molar-refractivity contribution in [2.75, 3.05) is 38.1 Å². The molecule has 0 atom stereocenters. The summed E-state index contributed by atoms with van der Waals surface area (Å²) in [5.74, 6) is 6.30. The number of hydrogen-bond acceptors (Lipinski definition) is 6. The van der Waals surface area contributed by atoms with E-state index >= 15 is 0 Å². The summed E-state index contributed by atoms with van der Waals surface area (Å²) < 4.78 is 21.8. The van der Waals surface area contributed by atoms with E-state index in [9.17, 15) is 14.0 Å². The summed E-state index contributed by atoms with van der Waals surface area (Å²) in [6, 6.07) is 2.29. The Kier molecular flexibility index (Phi) is 6.49. The molecule has 36 heavy (non-hydrogen) atoms. The highest BCUT2D eigenvalue weighted by Gasteiger charge is 2.47. The second-order valence-electron chi connectivity index (χ2n) is 10.5. The number of fused-ring (bicyclic) bond motifs is 1. The molecular weight excluding hydrogens is 463 g/mol. The first kappa shape index (κ1) is 24.3. The van der Waals surface area contributed by atoms with E-state index in [1.807, 2.05) is 10.7 Å². The quantitative estimate of drug-likeness (QED) is 0.617. The highest BCUT2D eigenvalue weighted by molar-refractivity contribution is 5.94. The molecule has 2 saturated heterocycles. The van der Waals surface area contributed by atoms with E-state index in [1.165, 1.54) is 17.7 Å². The zero-order valence-corrected chi connectivity index (χ0v) is 21.1. The number of hydrogen-bond donors (Lipinski definition) is 1. The van der Waals surface area contributed by atoms with Gasteiger partial charge in [-0.05, 0) is 44.4 Å². The first-order chi connectivity index (χ1) is 17.3. The molecule has 1 aliphatic carbocycles. The molecule has 2 aliphatic heterocycles. The number of rotatable bonds is 6. The van der Waals surface area contributed by atoms with Gasteiger partial charge in [-0.25, -0.2) is 14.2 Å². The molecule has 0 aromatic carbocycles. The number of halogens is 1. The first-order valence-corrected chi connectivity index (χ1v) is 12.7. The molecule has 0 unspecified atom stereocenters. The van der Waals surface area contributed by atoms with Crippen LogP contribution in [0.25, 0.3) is 5.65 Å². The second kappa shape index (κ2) is 9.60. The molecular formula is C26H33FN6O3. The lowest BCUT2D eigenvalue weighted by molar-refractivity contribution is -0.142. The Bertz CT molecular complexity index is 1210. The summed E-state index contributed by atoms with van der Waals surface area (Å²) in [7, 11) is 0. The largest absolute Gasteiger partial charge is 0.446 e. The van der Waals surface area contributed by atoms with Crippen molar-refractivity contribution >= 4 is 23.5 Å². The number of alkyl halides is 1. The van der Waals surface area contributed by atoms with Gasteiger partial charge in [0, 0.05) is 42.4 Å². The smallest absolute Gasteiger partial charge is 0.409 e. The lowest BCUT2D eigenvalue weighted by Crippen LogP contribution is -2.63. The SMILES string of the molecule is CC#CC(=O)N1CC(F)(COC(=O)N2CCC(Nc3cc(C4CC4)nc4c(C(C)C)cnn34)CC2)C1. The van der Waals surface area contributed by atoms with E-state index in [0.717, 1.165) is 35.6 Å². The van der Waals surface area contributed by atoms with Gasteiger partial charge in [0.1, 0.15) is 12.4 Å². The molecule has 0 radical (unpaired) electrons. The van der Waals surface area contributed by atoms with E-state index in [1.54, 1.807) is 11.8 Å². The Morgan fingerprint density at radius 1 is 1.22 bits per heavy atom. The lowest BCUT2D eigenvalue weighted by atomic mass is 9.97. The van der Waals surface area contributed by atoms with E-state index in [0.29, 0.717) is 24.9 Å². The number of aromatic nitrogens is 3. The molecule has 1 saturated carbocycles. The van der Waals surface area contributed by atoms with Crippen molar-refractivity contribution in [2.45, 2.75) is 70.0 Å². The minimum Gasteiger partial charge on any atom is -0.446 e. The number of carbonyl (C=O) groups is 2. The molecule has 192 valence electrons. The van der Waals surface area contributed by atoms with Crippen LogP contribution in [0, 0.1) is 11.8 Å². The van der Waals surface area contributed by atoms with Gasteiger partial charge < -0.3 is 19.9 Å². The second-order valence-corrected chi connectivity index (χ2v) is 10.5. The molecule has 0 spiro atoms. The van der Waals surface area contributed by atoms with Crippen LogP contribution < -0.4 is 5.32 Å².